The van der Waals surface area contributed by atoms with Gasteiger partial charge in [0.05, 0.1) is 4.92 Å². The fourth-order valence-corrected chi connectivity index (χ4v) is 1.58. The van der Waals surface area contributed by atoms with Gasteiger partial charge in [0.2, 0.25) is 5.75 Å². The number of anilines is 1. The average molecular weight is 272 g/mol. The Hall–Kier alpha value is -2.18. The van der Waals surface area contributed by atoms with E-state index < -0.39 is 23.0 Å². The Morgan fingerprint density at radius 2 is 2.21 bits per heavy atom. The quantitative estimate of drug-likeness (QED) is 0.453. The van der Waals surface area contributed by atoms with Gasteiger partial charge in [-0.2, -0.15) is 8.78 Å². The molecule has 0 unspecified atom stereocenters. The van der Waals surface area contributed by atoms with E-state index >= 15 is 0 Å². The molecule has 0 heterocycles. The maximum Gasteiger partial charge on any atom is 0.387 e. The topological polar surface area (TPSA) is 55.6 Å². The van der Waals surface area contributed by atoms with E-state index in [1.165, 1.54) is 12.1 Å². The van der Waals surface area contributed by atoms with E-state index in [0.717, 1.165) is 11.6 Å². The minimum absolute atomic E-state index is 0.453. The van der Waals surface area contributed by atoms with Crippen molar-refractivity contribution in [3.63, 3.8) is 0 Å². The summed E-state index contributed by atoms with van der Waals surface area (Å²) in [5.41, 5.74) is 0.911. The lowest BCUT2D eigenvalue weighted by Gasteiger charge is -2.20. The van der Waals surface area contributed by atoms with E-state index in [9.17, 15) is 18.9 Å². The summed E-state index contributed by atoms with van der Waals surface area (Å²) in [6.07, 6.45) is 0. The SMILES string of the molecule is C=C(C)CN(C)c1ccc([N+](=O)[O-])c(OC(F)F)c1. The smallest absolute Gasteiger partial charge is 0.387 e. The molecule has 0 aliphatic carbocycles. The first-order valence-corrected chi connectivity index (χ1v) is 5.40. The zero-order valence-corrected chi connectivity index (χ0v) is 10.6. The zero-order valence-electron chi connectivity index (χ0n) is 10.6. The Bertz CT molecular complexity index is 492. The van der Waals surface area contributed by atoms with Crippen molar-refractivity contribution in [3.8, 4) is 5.75 Å². The van der Waals surface area contributed by atoms with Crippen LogP contribution in [0, 0.1) is 10.1 Å². The Morgan fingerprint density at radius 1 is 1.58 bits per heavy atom. The monoisotopic (exact) mass is 272 g/mol. The van der Waals surface area contributed by atoms with Crippen LogP contribution >= 0.6 is 0 Å². The molecule has 0 bridgehead atoms. The van der Waals surface area contributed by atoms with Crippen LogP contribution in [-0.4, -0.2) is 25.1 Å². The zero-order chi connectivity index (χ0) is 14.6. The van der Waals surface area contributed by atoms with Crippen molar-refractivity contribution in [2.24, 2.45) is 0 Å². The number of halogens is 2. The van der Waals surface area contributed by atoms with Gasteiger partial charge in [0.25, 0.3) is 0 Å². The average Bonchev–Trinajstić information content (AvgIpc) is 2.26. The molecule has 5 nitrogen and oxygen atoms in total. The van der Waals surface area contributed by atoms with Crippen LogP contribution in [0.1, 0.15) is 6.92 Å². The lowest BCUT2D eigenvalue weighted by Crippen LogP contribution is -2.19. The standard InChI is InChI=1S/C12H14F2N2O3/c1-8(2)7-15(3)9-4-5-10(16(17)18)11(6-9)19-12(13)14/h4-6,12H,1,7H2,2-3H3. The number of hydrogen-bond donors (Lipinski definition) is 0. The van der Waals surface area contributed by atoms with Crippen LogP contribution in [0.25, 0.3) is 0 Å². The maximum atomic E-state index is 12.2. The molecule has 1 rings (SSSR count). The van der Waals surface area contributed by atoms with Gasteiger partial charge >= 0.3 is 12.3 Å². The Morgan fingerprint density at radius 3 is 2.68 bits per heavy atom. The molecule has 0 fully saturated rings. The molecule has 0 radical (unpaired) electrons. The van der Waals surface area contributed by atoms with Gasteiger partial charge in [0, 0.05) is 31.4 Å². The summed E-state index contributed by atoms with van der Waals surface area (Å²) in [7, 11) is 1.72. The van der Waals surface area contributed by atoms with Crippen LogP contribution < -0.4 is 9.64 Å². The highest BCUT2D eigenvalue weighted by atomic mass is 19.3. The molecule has 0 atom stereocenters. The summed E-state index contributed by atoms with van der Waals surface area (Å²) in [6.45, 7) is 2.95. The lowest BCUT2D eigenvalue weighted by molar-refractivity contribution is -0.386. The van der Waals surface area contributed by atoms with Gasteiger partial charge < -0.3 is 9.64 Å². The molecule has 104 valence electrons. The molecule has 7 heteroatoms. The molecule has 0 N–H and O–H groups in total. The van der Waals surface area contributed by atoms with Crippen LogP contribution in [-0.2, 0) is 0 Å². The molecule has 0 amide bonds. The van der Waals surface area contributed by atoms with Crippen molar-refractivity contribution < 1.29 is 18.4 Å². The Balaban J connectivity index is 3.10. The van der Waals surface area contributed by atoms with Gasteiger partial charge in [-0.25, -0.2) is 0 Å². The van der Waals surface area contributed by atoms with Crippen molar-refractivity contribution in [1.82, 2.24) is 0 Å². The minimum atomic E-state index is -3.11. The molecule has 1 aromatic carbocycles. The van der Waals surface area contributed by atoms with Gasteiger partial charge in [0.15, 0.2) is 0 Å². The van der Waals surface area contributed by atoms with Crippen LogP contribution in [0.15, 0.2) is 30.4 Å². The minimum Gasteiger partial charge on any atom is -0.427 e. The van der Waals surface area contributed by atoms with Crippen LogP contribution in [0.3, 0.4) is 0 Å². The largest absolute Gasteiger partial charge is 0.427 e. The second kappa shape index (κ2) is 6.12. The van der Waals surface area contributed by atoms with Crippen molar-refractivity contribution in [1.29, 1.82) is 0 Å². The predicted octanol–water partition coefficient (Wildman–Crippen LogP) is 3.21. The number of rotatable bonds is 6. The molecule has 0 aromatic heterocycles. The summed E-state index contributed by atoms with van der Waals surface area (Å²) in [5, 5.41) is 10.7. The van der Waals surface area contributed by atoms with Crippen molar-refractivity contribution in [2.45, 2.75) is 13.5 Å². The van der Waals surface area contributed by atoms with E-state index in [1.54, 1.807) is 11.9 Å². The second-order valence-corrected chi connectivity index (χ2v) is 4.10. The third kappa shape index (κ3) is 4.20. The number of alkyl halides is 2. The van der Waals surface area contributed by atoms with E-state index in [1.807, 2.05) is 6.92 Å². The first-order chi connectivity index (χ1) is 8.81. The first-order valence-electron chi connectivity index (χ1n) is 5.40. The molecule has 0 aliphatic heterocycles. The van der Waals surface area contributed by atoms with Gasteiger partial charge in [0.1, 0.15) is 0 Å². The predicted molar refractivity (Wildman–Crippen MR) is 67.8 cm³/mol. The molecule has 0 spiro atoms. The summed E-state index contributed by atoms with van der Waals surface area (Å²) in [4.78, 5) is 11.7. The Kier molecular flexibility index (Phi) is 4.80. The van der Waals surface area contributed by atoms with E-state index in [-0.39, 0.29) is 0 Å². The number of ether oxygens (including phenoxy) is 1. The van der Waals surface area contributed by atoms with Crippen molar-refractivity contribution in [2.75, 3.05) is 18.5 Å². The number of nitro groups is 1. The van der Waals surface area contributed by atoms with Gasteiger partial charge in [-0.3, -0.25) is 10.1 Å². The highest BCUT2D eigenvalue weighted by molar-refractivity contribution is 5.59. The Labute approximate surface area is 109 Å². The molecule has 0 saturated heterocycles. The summed E-state index contributed by atoms with van der Waals surface area (Å²) in [6, 6.07) is 3.83. The third-order valence-corrected chi connectivity index (χ3v) is 2.30. The van der Waals surface area contributed by atoms with Crippen LogP contribution in [0.4, 0.5) is 20.2 Å². The highest BCUT2D eigenvalue weighted by Crippen LogP contribution is 2.32. The number of likely N-dealkylation sites (N-methyl/N-ethyl adjacent to an activating group) is 1. The molecule has 0 aliphatic rings. The molecule has 0 saturated carbocycles. The van der Waals surface area contributed by atoms with Crippen LogP contribution in [0.5, 0.6) is 5.75 Å². The molecular formula is C12H14F2N2O3. The fourth-order valence-electron chi connectivity index (χ4n) is 1.58. The van der Waals surface area contributed by atoms with Crippen molar-refractivity contribution in [3.05, 3.63) is 40.5 Å². The maximum absolute atomic E-state index is 12.2. The highest BCUT2D eigenvalue weighted by Gasteiger charge is 2.19. The second-order valence-electron chi connectivity index (χ2n) is 4.10. The number of nitro benzene ring substituents is 1. The van der Waals surface area contributed by atoms with Gasteiger partial charge in [-0.15, -0.1) is 0 Å². The summed E-state index contributed by atoms with van der Waals surface area (Å²) < 4.78 is 28.6. The fraction of sp³-hybridized carbons (Fsp3) is 0.333. The number of hydrogen-bond acceptors (Lipinski definition) is 4. The molecule has 1 aromatic rings. The van der Waals surface area contributed by atoms with E-state index in [0.29, 0.717) is 12.2 Å². The summed E-state index contributed by atoms with van der Waals surface area (Å²) >= 11 is 0. The lowest BCUT2D eigenvalue weighted by atomic mass is 10.2. The van der Waals surface area contributed by atoms with Gasteiger partial charge in [-0.1, -0.05) is 12.2 Å². The number of benzene rings is 1. The normalized spacial score (nSPS) is 10.4. The van der Waals surface area contributed by atoms with Crippen LogP contribution in [0.2, 0.25) is 0 Å². The van der Waals surface area contributed by atoms with E-state index in [4.69, 9.17) is 0 Å². The van der Waals surface area contributed by atoms with Crippen molar-refractivity contribution >= 4 is 11.4 Å². The van der Waals surface area contributed by atoms with E-state index in [2.05, 4.69) is 11.3 Å². The van der Waals surface area contributed by atoms with Gasteiger partial charge in [-0.05, 0) is 13.0 Å². The molecule has 19 heavy (non-hydrogen) atoms. The first kappa shape index (κ1) is 14.9. The summed E-state index contributed by atoms with van der Waals surface area (Å²) in [5.74, 6) is -0.453. The number of nitrogens with zero attached hydrogens (tertiary/aromatic N) is 2. The third-order valence-electron chi connectivity index (χ3n) is 2.30. The molecular weight excluding hydrogens is 258 g/mol.